The Morgan fingerprint density at radius 1 is 1.10 bits per heavy atom. The van der Waals surface area contributed by atoms with E-state index in [-0.39, 0.29) is 42.2 Å². The van der Waals surface area contributed by atoms with Crippen LogP contribution in [-0.2, 0) is 9.59 Å². The van der Waals surface area contributed by atoms with Crippen LogP contribution in [0.1, 0.15) is 31.7 Å². The monoisotopic (exact) mass is 398 g/mol. The number of carbonyl (C=O) groups is 2. The number of hydrogen-bond donors (Lipinski definition) is 1. The van der Waals surface area contributed by atoms with Crippen LogP contribution < -0.4 is 0 Å². The zero-order valence-corrected chi connectivity index (χ0v) is 17.0. The molecular formula is C23H27FN2O3. The molecule has 3 atom stereocenters. The molecule has 0 radical (unpaired) electrons. The van der Waals surface area contributed by atoms with Crippen molar-refractivity contribution in [1.29, 1.82) is 0 Å². The van der Waals surface area contributed by atoms with Crippen LogP contribution in [0.5, 0.6) is 0 Å². The lowest BCUT2D eigenvalue weighted by Gasteiger charge is -2.55. The van der Waals surface area contributed by atoms with Crippen LogP contribution in [0.2, 0.25) is 0 Å². The van der Waals surface area contributed by atoms with Gasteiger partial charge in [-0.2, -0.15) is 0 Å². The van der Waals surface area contributed by atoms with Gasteiger partial charge in [0.25, 0.3) is 0 Å². The van der Waals surface area contributed by atoms with Gasteiger partial charge in [-0.1, -0.05) is 49.4 Å². The summed E-state index contributed by atoms with van der Waals surface area (Å²) in [6, 6.07) is 13.6. The molecule has 0 bridgehead atoms. The number of halogens is 1. The van der Waals surface area contributed by atoms with E-state index in [9.17, 15) is 19.1 Å². The van der Waals surface area contributed by atoms with Crippen molar-refractivity contribution in [3.05, 3.63) is 59.9 Å². The van der Waals surface area contributed by atoms with Crippen LogP contribution in [0.3, 0.4) is 0 Å². The number of amides is 2. The van der Waals surface area contributed by atoms with Crippen LogP contribution in [0.25, 0.3) is 11.1 Å². The molecule has 3 rings (SSSR count). The minimum Gasteiger partial charge on any atom is -0.394 e. The van der Waals surface area contributed by atoms with E-state index in [2.05, 4.69) is 0 Å². The lowest BCUT2D eigenvalue weighted by Crippen LogP contribution is -2.68. The lowest BCUT2D eigenvalue weighted by atomic mass is 9.74. The van der Waals surface area contributed by atoms with Crippen molar-refractivity contribution >= 4 is 11.8 Å². The summed E-state index contributed by atoms with van der Waals surface area (Å²) in [6.07, 6.45) is 0.398. The Morgan fingerprint density at radius 3 is 2.31 bits per heavy atom. The molecule has 0 aromatic heterocycles. The van der Waals surface area contributed by atoms with Crippen molar-refractivity contribution in [2.75, 3.05) is 20.2 Å². The fraction of sp³-hybridized carbons (Fsp3) is 0.391. The van der Waals surface area contributed by atoms with Gasteiger partial charge in [-0.3, -0.25) is 9.59 Å². The Balaban J connectivity index is 1.88. The summed E-state index contributed by atoms with van der Waals surface area (Å²) in [6.45, 7) is 3.54. The maximum absolute atomic E-state index is 14.1. The molecule has 0 spiro atoms. The van der Waals surface area contributed by atoms with Crippen molar-refractivity contribution in [2.45, 2.75) is 38.3 Å². The Bertz CT molecular complexity index is 884. The van der Waals surface area contributed by atoms with Gasteiger partial charge in [0, 0.05) is 38.4 Å². The Morgan fingerprint density at radius 2 is 1.76 bits per heavy atom. The molecule has 1 heterocycles. The van der Waals surface area contributed by atoms with Gasteiger partial charge < -0.3 is 14.9 Å². The van der Waals surface area contributed by atoms with E-state index in [0.717, 1.165) is 11.1 Å². The molecule has 0 unspecified atom stereocenters. The summed E-state index contributed by atoms with van der Waals surface area (Å²) < 4.78 is 14.1. The predicted octanol–water partition coefficient (Wildman–Crippen LogP) is 3.04. The summed E-state index contributed by atoms with van der Waals surface area (Å²) in [5.74, 6) is -0.483. The van der Waals surface area contributed by atoms with Gasteiger partial charge in [0.05, 0.1) is 18.7 Å². The number of likely N-dealkylation sites (N-methyl/N-ethyl adjacent to an activating group) is 1. The number of likely N-dealkylation sites (tertiary alicyclic amines) is 1. The van der Waals surface area contributed by atoms with E-state index < -0.39 is 0 Å². The van der Waals surface area contributed by atoms with E-state index in [4.69, 9.17) is 0 Å². The molecule has 0 aliphatic carbocycles. The number of hydrogen-bond acceptors (Lipinski definition) is 3. The molecule has 1 aliphatic heterocycles. The maximum atomic E-state index is 14.1. The molecule has 29 heavy (non-hydrogen) atoms. The van der Waals surface area contributed by atoms with Gasteiger partial charge in [0.15, 0.2) is 0 Å². The fourth-order valence-electron chi connectivity index (χ4n) is 4.29. The fourth-order valence-corrected chi connectivity index (χ4v) is 4.29. The number of carbonyl (C=O) groups excluding carboxylic acids is 2. The summed E-state index contributed by atoms with van der Waals surface area (Å²) in [5.41, 5.74) is 2.26. The molecule has 1 N–H and O–H groups in total. The number of aliphatic hydroxyl groups excluding tert-OH is 1. The minimum atomic E-state index is -0.332. The topological polar surface area (TPSA) is 60.9 Å². The first kappa shape index (κ1) is 21.0. The van der Waals surface area contributed by atoms with Crippen LogP contribution in [0.15, 0.2) is 48.5 Å². The quantitative estimate of drug-likeness (QED) is 0.814. The Kier molecular flexibility index (Phi) is 6.33. The Labute approximate surface area is 170 Å². The first-order valence-electron chi connectivity index (χ1n) is 9.87. The smallest absolute Gasteiger partial charge is 0.222 e. The molecule has 2 amide bonds. The van der Waals surface area contributed by atoms with Gasteiger partial charge in [0.1, 0.15) is 5.82 Å². The zero-order chi connectivity index (χ0) is 21.1. The summed E-state index contributed by atoms with van der Waals surface area (Å²) in [5, 5.41) is 9.89. The molecule has 2 aromatic carbocycles. The summed E-state index contributed by atoms with van der Waals surface area (Å²) in [7, 11) is 1.73. The second-order valence-corrected chi connectivity index (χ2v) is 7.50. The van der Waals surface area contributed by atoms with Crippen LogP contribution in [0.4, 0.5) is 4.39 Å². The van der Waals surface area contributed by atoms with Crippen LogP contribution >= 0.6 is 0 Å². The van der Waals surface area contributed by atoms with E-state index in [1.807, 2.05) is 24.3 Å². The molecule has 1 aliphatic rings. The van der Waals surface area contributed by atoms with E-state index in [1.54, 1.807) is 42.0 Å². The number of benzene rings is 2. The molecule has 0 saturated carbocycles. The predicted molar refractivity (Wildman–Crippen MR) is 110 cm³/mol. The number of nitrogens with zero attached hydrogens (tertiary/aromatic N) is 2. The third kappa shape index (κ3) is 4.03. The SMILES string of the molecule is CCC(=O)N(C)C[C@H]1[C@@H](c2ccc(-c3ccccc3F)cc2)[C@@H](CO)N1C(C)=O. The van der Waals surface area contributed by atoms with Crippen LogP contribution in [0, 0.1) is 5.82 Å². The molecule has 6 heteroatoms. The molecule has 2 aromatic rings. The highest BCUT2D eigenvalue weighted by molar-refractivity contribution is 5.77. The maximum Gasteiger partial charge on any atom is 0.222 e. The lowest BCUT2D eigenvalue weighted by molar-refractivity contribution is -0.151. The van der Waals surface area contributed by atoms with Gasteiger partial charge in [-0.05, 0) is 17.2 Å². The minimum absolute atomic E-state index is 0.00889. The van der Waals surface area contributed by atoms with Gasteiger partial charge in [0.2, 0.25) is 11.8 Å². The highest BCUT2D eigenvalue weighted by Gasteiger charge is 2.50. The largest absolute Gasteiger partial charge is 0.394 e. The second-order valence-electron chi connectivity index (χ2n) is 7.50. The normalized spacial score (nSPS) is 20.9. The number of aliphatic hydroxyl groups is 1. The van der Waals surface area contributed by atoms with Crippen molar-refractivity contribution in [1.82, 2.24) is 9.80 Å². The van der Waals surface area contributed by atoms with Gasteiger partial charge in [-0.25, -0.2) is 4.39 Å². The highest BCUT2D eigenvalue weighted by Crippen LogP contribution is 2.41. The van der Waals surface area contributed by atoms with E-state index in [1.165, 1.54) is 13.0 Å². The average Bonchev–Trinajstić information content (AvgIpc) is 2.70. The molecular weight excluding hydrogens is 371 g/mol. The second kappa shape index (κ2) is 8.74. The standard InChI is InChI=1S/C23H27FN2O3/c1-4-22(29)25(3)13-20-23(21(14-27)26(20)15(2)28)17-11-9-16(10-12-17)18-7-5-6-8-19(18)24/h5-12,20-21,23,27H,4,13-14H2,1-3H3/t20-,21+,23+/m0/s1. The van der Waals surface area contributed by atoms with Gasteiger partial charge >= 0.3 is 0 Å². The van der Waals surface area contributed by atoms with E-state index >= 15 is 0 Å². The summed E-state index contributed by atoms with van der Waals surface area (Å²) in [4.78, 5) is 27.5. The Hall–Kier alpha value is -2.73. The van der Waals surface area contributed by atoms with Crippen molar-refractivity contribution in [2.24, 2.45) is 0 Å². The summed E-state index contributed by atoms with van der Waals surface area (Å²) >= 11 is 0. The van der Waals surface area contributed by atoms with Gasteiger partial charge in [-0.15, -0.1) is 0 Å². The molecule has 1 saturated heterocycles. The first-order chi connectivity index (χ1) is 13.9. The average molecular weight is 398 g/mol. The van der Waals surface area contributed by atoms with Crippen molar-refractivity contribution in [3.63, 3.8) is 0 Å². The van der Waals surface area contributed by atoms with Crippen LogP contribution in [-0.4, -0.2) is 59.0 Å². The molecule has 5 nitrogen and oxygen atoms in total. The zero-order valence-electron chi connectivity index (χ0n) is 17.0. The van der Waals surface area contributed by atoms with Crippen molar-refractivity contribution < 1.29 is 19.1 Å². The third-order valence-corrected chi connectivity index (χ3v) is 5.76. The number of rotatable bonds is 6. The highest BCUT2D eigenvalue weighted by atomic mass is 19.1. The van der Waals surface area contributed by atoms with E-state index in [0.29, 0.717) is 18.5 Å². The molecule has 154 valence electrons. The van der Waals surface area contributed by atoms with Crippen molar-refractivity contribution in [3.8, 4) is 11.1 Å². The first-order valence-corrected chi connectivity index (χ1v) is 9.87. The molecule has 1 fully saturated rings. The third-order valence-electron chi connectivity index (χ3n) is 5.76.